The van der Waals surface area contributed by atoms with Crippen LogP contribution in [-0.4, -0.2) is 19.6 Å². The van der Waals surface area contributed by atoms with E-state index in [9.17, 15) is 9.18 Å². The van der Waals surface area contributed by atoms with Gasteiger partial charge >= 0.3 is 5.97 Å². The van der Waals surface area contributed by atoms with Gasteiger partial charge in [-0.2, -0.15) is 0 Å². The van der Waals surface area contributed by atoms with Gasteiger partial charge in [-0.3, -0.25) is 0 Å². The second kappa shape index (κ2) is 7.45. The van der Waals surface area contributed by atoms with Gasteiger partial charge in [0.05, 0.1) is 6.61 Å². The van der Waals surface area contributed by atoms with Gasteiger partial charge in [0.2, 0.25) is 0 Å². The van der Waals surface area contributed by atoms with E-state index in [0.717, 1.165) is 11.3 Å². The third kappa shape index (κ3) is 3.97. The van der Waals surface area contributed by atoms with Crippen LogP contribution in [0.15, 0.2) is 48.5 Å². The van der Waals surface area contributed by atoms with E-state index in [1.54, 1.807) is 19.1 Å². The predicted molar refractivity (Wildman–Crippen MR) is 85.4 cm³/mol. The van der Waals surface area contributed by atoms with Crippen LogP contribution in [0.1, 0.15) is 18.5 Å². The number of carbonyl (C=O) groups excluding carboxylic acids is 1. The Hall–Kier alpha value is -2.56. The van der Waals surface area contributed by atoms with Crippen LogP contribution in [0.5, 0.6) is 0 Å². The Labute approximate surface area is 129 Å². The number of hydrogen-bond acceptors (Lipinski definition) is 4. The number of esters is 1. The minimum absolute atomic E-state index is 0.301. The van der Waals surface area contributed by atoms with Gasteiger partial charge in [0.25, 0.3) is 0 Å². The zero-order valence-electron chi connectivity index (χ0n) is 12.6. The van der Waals surface area contributed by atoms with Crippen LogP contribution in [0.25, 0.3) is 0 Å². The summed E-state index contributed by atoms with van der Waals surface area (Å²) in [4.78, 5) is 12.2. The number of hydrogen-bond donors (Lipinski definition) is 2. The van der Waals surface area contributed by atoms with Crippen molar-refractivity contribution >= 4 is 17.3 Å². The average molecular weight is 302 g/mol. The van der Waals surface area contributed by atoms with Gasteiger partial charge in [-0.15, -0.1) is 0 Å². The summed E-state index contributed by atoms with van der Waals surface area (Å²) in [7, 11) is 1.83. The van der Waals surface area contributed by atoms with E-state index < -0.39 is 6.04 Å². The smallest absolute Gasteiger partial charge is 0.333 e. The first-order chi connectivity index (χ1) is 10.6. The molecule has 116 valence electrons. The third-order valence-corrected chi connectivity index (χ3v) is 3.21. The molecule has 1 atom stereocenters. The maximum absolute atomic E-state index is 13.0. The van der Waals surface area contributed by atoms with Crippen molar-refractivity contribution in [2.75, 3.05) is 24.3 Å². The molecule has 22 heavy (non-hydrogen) atoms. The molecule has 4 nitrogen and oxygen atoms in total. The largest absolute Gasteiger partial charge is 0.464 e. The highest BCUT2D eigenvalue weighted by Crippen LogP contribution is 2.23. The Morgan fingerprint density at radius 3 is 2.23 bits per heavy atom. The summed E-state index contributed by atoms with van der Waals surface area (Å²) in [6, 6.07) is 12.7. The molecule has 2 aromatic rings. The lowest BCUT2D eigenvalue weighted by molar-refractivity contribution is -0.144. The van der Waals surface area contributed by atoms with Crippen molar-refractivity contribution < 1.29 is 13.9 Å². The Morgan fingerprint density at radius 1 is 1.09 bits per heavy atom. The fraction of sp³-hybridized carbons (Fsp3) is 0.235. The van der Waals surface area contributed by atoms with E-state index in [-0.39, 0.29) is 11.8 Å². The molecular weight excluding hydrogens is 283 g/mol. The Bertz CT molecular complexity index is 612. The number of rotatable bonds is 6. The van der Waals surface area contributed by atoms with Crippen LogP contribution in [-0.2, 0) is 9.53 Å². The normalized spacial score (nSPS) is 11.6. The predicted octanol–water partition coefficient (Wildman–Crippen LogP) is 3.58. The maximum Gasteiger partial charge on any atom is 0.333 e. The zero-order valence-corrected chi connectivity index (χ0v) is 12.6. The number of carbonyl (C=O) groups is 1. The number of ether oxygens (including phenoxy) is 1. The summed E-state index contributed by atoms with van der Waals surface area (Å²) in [5.41, 5.74) is 2.38. The molecule has 0 aliphatic rings. The topological polar surface area (TPSA) is 50.4 Å². The first-order valence-electron chi connectivity index (χ1n) is 7.10. The van der Waals surface area contributed by atoms with Gasteiger partial charge in [-0.1, -0.05) is 12.1 Å². The quantitative estimate of drug-likeness (QED) is 0.801. The number of anilines is 2. The summed E-state index contributed by atoms with van der Waals surface area (Å²) in [5, 5.41) is 6.11. The lowest BCUT2D eigenvalue weighted by Gasteiger charge is -2.19. The van der Waals surface area contributed by atoms with Crippen molar-refractivity contribution in [3.05, 3.63) is 59.9 Å². The molecule has 0 aliphatic heterocycles. The number of benzene rings is 2. The molecule has 2 rings (SSSR count). The summed E-state index contributed by atoms with van der Waals surface area (Å²) < 4.78 is 18.1. The van der Waals surface area contributed by atoms with Gasteiger partial charge in [0, 0.05) is 18.4 Å². The molecule has 0 fully saturated rings. The SMILES string of the molecule is CCOC(=O)C(Nc1ccc(F)cc1)c1ccc(NC)cc1. The molecule has 0 saturated heterocycles. The Balaban J connectivity index is 2.24. The van der Waals surface area contributed by atoms with Gasteiger partial charge < -0.3 is 15.4 Å². The van der Waals surface area contributed by atoms with Crippen LogP contribution in [0.2, 0.25) is 0 Å². The molecular formula is C17H19FN2O2. The van der Waals surface area contributed by atoms with Gasteiger partial charge in [-0.25, -0.2) is 9.18 Å². The first-order valence-corrected chi connectivity index (χ1v) is 7.10. The standard InChI is InChI=1S/C17H19FN2O2/c1-3-22-17(21)16(12-4-8-14(19-2)9-5-12)20-15-10-6-13(18)7-11-15/h4-11,16,19-20H,3H2,1-2H3. The van der Waals surface area contributed by atoms with Crippen molar-refractivity contribution in [1.82, 2.24) is 0 Å². The summed E-state index contributed by atoms with van der Waals surface area (Å²) in [6.45, 7) is 2.06. The van der Waals surface area contributed by atoms with E-state index >= 15 is 0 Å². The Kier molecular flexibility index (Phi) is 5.36. The fourth-order valence-corrected chi connectivity index (χ4v) is 2.06. The lowest BCUT2D eigenvalue weighted by atomic mass is 10.1. The molecule has 2 aromatic carbocycles. The minimum Gasteiger partial charge on any atom is -0.464 e. The van der Waals surface area contributed by atoms with Gasteiger partial charge in [0.15, 0.2) is 6.04 Å². The summed E-state index contributed by atoms with van der Waals surface area (Å²) in [6.07, 6.45) is 0. The van der Waals surface area contributed by atoms with Crippen molar-refractivity contribution in [2.24, 2.45) is 0 Å². The van der Waals surface area contributed by atoms with Crippen molar-refractivity contribution in [2.45, 2.75) is 13.0 Å². The molecule has 0 saturated carbocycles. The molecule has 0 aromatic heterocycles. The number of halogens is 1. The van der Waals surface area contributed by atoms with Crippen molar-refractivity contribution in [3.63, 3.8) is 0 Å². The summed E-state index contributed by atoms with van der Waals surface area (Å²) >= 11 is 0. The number of nitrogens with one attached hydrogen (secondary N) is 2. The second-order valence-electron chi connectivity index (χ2n) is 4.71. The monoisotopic (exact) mass is 302 g/mol. The van der Waals surface area contributed by atoms with Crippen LogP contribution >= 0.6 is 0 Å². The van der Waals surface area contributed by atoms with Crippen LogP contribution in [0.3, 0.4) is 0 Å². The lowest BCUT2D eigenvalue weighted by Crippen LogP contribution is -2.23. The molecule has 0 bridgehead atoms. The van der Waals surface area contributed by atoms with E-state index in [2.05, 4.69) is 10.6 Å². The average Bonchev–Trinajstić information content (AvgIpc) is 2.54. The molecule has 0 aliphatic carbocycles. The molecule has 0 spiro atoms. The third-order valence-electron chi connectivity index (χ3n) is 3.21. The fourth-order valence-electron chi connectivity index (χ4n) is 2.06. The molecule has 0 radical (unpaired) electrons. The minimum atomic E-state index is -0.642. The maximum atomic E-state index is 13.0. The molecule has 0 amide bonds. The second-order valence-corrected chi connectivity index (χ2v) is 4.71. The van der Waals surface area contributed by atoms with Crippen molar-refractivity contribution in [1.29, 1.82) is 0 Å². The van der Waals surface area contributed by atoms with Crippen LogP contribution < -0.4 is 10.6 Å². The van der Waals surface area contributed by atoms with E-state index in [1.165, 1.54) is 12.1 Å². The van der Waals surface area contributed by atoms with E-state index in [0.29, 0.717) is 12.3 Å². The molecule has 2 N–H and O–H groups in total. The summed E-state index contributed by atoms with van der Waals surface area (Å²) in [5.74, 6) is -0.694. The van der Waals surface area contributed by atoms with Gasteiger partial charge in [-0.05, 0) is 48.9 Å². The zero-order chi connectivity index (χ0) is 15.9. The Morgan fingerprint density at radius 2 is 1.68 bits per heavy atom. The van der Waals surface area contributed by atoms with Crippen molar-refractivity contribution in [3.8, 4) is 0 Å². The van der Waals surface area contributed by atoms with Gasteiger partial charge in [0.1, 0.15) is 5.82 Å². The van der Waals surface area contributed by atoms with Crippen LogP contribution in [0, 0.1) is 5.82 Å². The first kappa shape index (κ1) is 15.8. The highest BCUT2D eigenvalue weighted by atomic mass is 19.1. The molecule has 1 unspecified atom stereocenters. The van der Waals surface area contributed by atoms with E-state index in [1.807, 2.05) is 31.3 Å². The highest BCUT2D eigenvalue weighted by molar-refractivity contribution is 5.81. The molecule has 0 heterocycles. The van der Waals surface area contributed by atoms with Crippen LogP contribution in [0.4, 0.5) is 15.8 Å². The highest BCUT2D eigenvalue weighted by Gasteiger charge is 2.21. The molecule has 5 heteroatoms. The van der Waals surface area contributed by atoms with E-state index in [4.69, 9.17) is 4.74 Å².